The van der Waals surface area contributed by atoms with Gasteiger partial charge >= 0.3 is 17.9 Å². The van der Waals surface area contributed by atoms with Crippen LogP contribution in [0.1, 0.15) is 213 Å². The van der Waals surface area contributed by atoms with Crippen molar-refractivity contribution in [2.24, 2.45) is 0 Å². The van der Waals surface area contributed by atoms with Crippen molar-refractivity contribution in [1.82, 2.24) is 0 Å². The molecule has 1 N–H and O–H groups in total. The Labute approximate surface area is 417 Å². The number of carbonyl (C=O) groups is 3. The number of esters is 2. The lowest BCUT2D eigenvalue weighted by Gasteiger charge is -2.31. The van der Waals surface area contributed by atoms with Crippen LogP contribution in [0.3, 0.4) is 0 Å². The van der Waals surface area contributed by atoms with E-state index < -0.39 is 18.1 Å². The predicted octanol–water partition coefficient (Wildman–Crippen LogP) is 16.2. The van der Waals surface area contributed by atoms with Gasteiger partial charge in [-0.25, -0.2) is 4.79 Å². The molecule has 0 rings (SSSR count). The Morgan fingerprint density at radius 2 is 0.824 bits per heavy atom. The van der Waals surface area contributed by atoms with Gasteiger partial charge in [-0.15, -0.1) is 0 Å². The summed E-state index contributed by atoms with van der Waals surface area (Å²) in [4.78, 5) is 37.2. The fraction of sp³-hybridized carbons (Fsp3) is 0.683. The molecule has 2 atom stereocenters. The van der Waals surface area contributed by atoms with Gasteiger partial charge in [-0.1, -0.05) is 195 Å². The van der Waals surface area contributed by atoms with Crippen molar-refractivity contribution >= 4 is 17.9 Å². The van der Waals surface area contributed by atoms with E-state index in [1.807, 2.05) is 21.1 Å². The highest BCUT2D eigenvalue weighted by Crippen LogP contribution is 2.15. The van der Waals surface area contributed by atoms with Crippen LogP contribution >= 0.6 is 0 Å². The maximum atomic E-state index is 12.8. The molecule has 0 amide bonds. The zero-order valence-electron chi connectivity index (χ0n) is 44.3. The lowest BCUT2D eigenvalue weighted by atomic mass is 10.0. The van der Waals surface area contributed by atoms with E-state index in [0.29, 0.717) is 25.7 Å². The van der Waals surface area contributed by atoms with Crippen LogP contribution in [-0.4, -0.2) is 80.6 Å². The molecule has 68 heavy (non-hydrogen) atoms. The number of nitrogens with zero attached hydrogens (tertiary/aromatic N) is 1. The van der Waals surface area contributed by atoms with Gasteiger partial charge in [0.1, 0.15) is 6.61 Å². The summed E-state index contributed by atoms with van der Waals surface area (Å²) in [5, 5.41) is 9.67. The van der Waals surface area contributed by atoms with Crippen molar-refractivity contribution in [3.63, 3.8) is 0 Å². The third-order valence-corrected chi connectivity index (χ3v) is 11.7. The van der Waals surface area contributed by atoms with Crippen LogP contribution in [-0.2, 0) is 28.6 Å². The summed E-state index contributed by atoms with van der Waals surface area (Å²) in [5.41, 5.74) is 0. The van der Waals surface area contributed by atoms with Crippen molar-refractivity contribution in [3.05, 3.63) is 97.2 Å². The monoisotopic (exact) mass is 949 g/mol. The number of ether oxygens (including phenoxy) is 3. The van der Waals surface area contributed by atoms with E-state index in [1.54, 1.807) is 0 Å². The number of unbranched alkanes of at least 4 members (excludes halogenated alkanes) is 18. The summed E-state index contributed by atoms with van der Waals surface area (Å²) in [6.45, 7) is 4.56. The quantitative estimate of drug-likeness (QED) is 0.0281. The van der Waals surface area contributed by atoms with Crippen LogP contribution in [0.4, 0.5) is 0 Å². The summed E-state index contributed by atoms with van der Waals surface area (Å²) in [6.07, 6.45) is 67.5. The van der Waals surface area contributed by atoms with E-state index in [9.17, 15) is 19.5 Å². The zero-order valence-corrected chi connectivity index (χ0v) is 44.3. The summed E-state index contributed by atoms with van der Waals surface area (Å²) >= 11 is 0. The second-order valence-corrected chi connectivity index (χ2v) is 19.1. The lowest BCUT2D eigenvalue weighted by Crippen LogP contribution is -2.50. The largest absolute Gasteiger partial charge is 0.477 e. The van der Waals surface area contributed by atoms with Crippen LogP contribution in [0.2, 0.25) is 0 Å². The van der Waals surface area contributed by atoms with Crippen molar-refractivity contribution in [3.8, 4) is 0 Å². The Morgan fingerprint density at radius 1 is 0.456 bits per heavy atom. The minimum Gasteiger partial charge on any atom is -0.477 e. The minimum absolute atomic E-state index is 0.0421. The van der Waals surface area contributed by atoms with Gasteiger partial charge in [0.25, 0.3) is 0 Å². The van der Waals surface area contributed by atoms with E-state index in [2.05, 4.69) is 111 Å². The predicted molar refractivity (Wildman–Crippen MR) is 289 cm³/mol. The zero-order chi connectivity index (χ0) is 49.9. The van der Waals surface area contributed by atoms with Gasteiger partial charge in [0.05, 0.1) is 34.4 Å². The molecule has 8 heteroatoms. The number of hydrogen-bond donors (Lipinski definition) is 1. The number of carbonyl (C=O) groups excluding carboxylic acids is 2. The summed E-state index contributed by atoms with van der Waals surface area (Å²) in [6, 6.07) is -0.627. The molecule has 2 unspecified atom stereocenters. The summed E-state index contributed by atoms with van der Waals surface area (Å²) < 4.78 is 17.3. The normalized spacial score (nSPS) is 13.6. The van der Waals surface area contributed by atoms with Gasteiger partial charge in [0.2, 0.25) is 0 Å². The fourth-order valence-electron chi connectivity index (χ4n) is 7.54. The molecular formula is C60H102NO7+. The van der Waals surface area contributed by atoms with Crippen LogP contribution in [0.25, 0.3) is 0 Å². The molecule has 0 bridgehead atoms. The number of carboxylic acid groups (broad SMARTS) is 1. The second kappa shape index (κ2) is 49.7. The van der Waals surface area contributed by atoms with E-state index in [1.165, 1.54) is 96.3 Å². The number of likely N-dealkylation sites (N-methyl/N-ethyl adjacent to an activating group) is 1. The third-order valence-electron chi connectivity index (χ3n) is 11.7. The Hall–Kier alpha value is -3.75. The van der Waals surface area contributed by atoms with Gasteiger partial charge in [0, 0.05) is 19.3 Å². The van der Waals surface area contributed by atoms with Crippen molar-refractivity contribution < 1.29 is 38.2 Å². The first-order valence-corrected chi connectivity index (χ1v) is 27.3. The summed E-state index contributed by atoms with van der Waals surface area (Å²) in [7, 11) is 5.52. The topological polar surface area (TPSA) is 99.1 Å². The number of aliphatic carboxylic acids is 1. The molecule has 0 aliphatic rings. The SMILES string of the molecule is CC/C=C/C/C=C/C/C=C/CCCCCCCCCCCCCCCC(=O)OC(COCCC(C(=O)O)[N+](C)(C)C)COC(=O)CCCC/C=C/C/C=C/C/C=C/C/C=C/C/C=C/CCCCC. The number of hydrogen-bond acceptors (Lipinski definition) is 6. The van der Waals surface area contributed by atoms with Gasteiger partial charge in [0.15, 0.2) is 12.1 Å². The second-order valence-electron chi connectivity index (χ2n) is 19.1. The van der Waals surface area contributed by atoms with E-state index in [4.69, 9.17) is 14.2 Å². The average molecular weight is 949 g/mol. The number of carboxylic acids is 1. The standard InChI is InChI=1S/C60H101NO7/c1-6-8-10-12-14-16-18-20-22-24-26-28-29-31-33-35-37-39-41-43-45-47-49-51-59(63)68-56(54-66-53-52-57(60(64)65)61(3,4)5)55-67-58(62)50-48-46-44-42-40-38-36-34-32-30-27-25-23-21-19-17-15-13-11-9-7-2/h8,10,14-17,20-23,27,30,34,36,40,42,56-57H,6-7,9,11-13,18-19,24-26,28-29,31-33,35,37-39,41,43-55H2,1-5H3/p+1/b10-8+,16-14+,17-15+,22-20+,23-21+,30-27+,36-34+,42-40+. The van der Waals surface area contributed by atoms with Crippen LogP contribution in [0.15, 0.2) is 97.2 Å². The molecule has 0 spiro atoms. The third kappa shape index (κ3) is 47.3. The fourth-order valence-corrected chi connectivity index (χ4v) is 7.54. The van der Waals surface area contributed by atoms with Gasteiger partial charge < -0.3 is 23.8 Å². The Bertz CT molecular complexity index is 1430. The lowest BCUT2D eigenvalue weighted by molar-refractivity contribution is -0.887. The number of quaternary nitrogens is 1. The van der Waals surface area contributed by atoms with E-state index >= 15 is 0 Å². The highest BCUT2D eigenvalue weighted by molar-refractivity contribution is 5.72. The molecule has 8 nitrogen and oxygen atoms in total. The Balaban J connectivity index is 4.29. The molecule has 0 aliphatic heterocycles. The minimum atomic E-state index is -0.883. The summed E-state index contributed by atoms with van der Waals surface area (Å²) in [5.74, 6) is -1.53. The first-order valence-electron chi connectivity index (χ1n) is 27.3. The highest BCUT2D eigenvalue weighted by Gasteiger charge is 2.31. The molecule has 0 saturated carbocycles. The molecule has 388 valence electrons. The van der Waals surface area contributed by atoms with Crippen molar-refractivity contribution in [2.45, 2.75) is 225 Å². The molecule has 0 radical (unpaired) electrons. The van der Waals surface area contributed by atoms with E-state index in [-0.39, 0.29) is 36.2 Å². The van der Waals surface area contributed by atoms with Crippen LogP contribution in [0, 0.1) is 0 Å². The van der Waals surface area contributed by atoms with E-state index in [0.717, 1.165) is 77.0 Å². The van der Waals surface area contributed by atoms with Gasteiger partial charge in [-0.3, -0.25) is 9.59 Å². The molecule has 0 aliphatic carbocycles. The smallest absolute Gasteiger partial charge is 0.362 e. The number of allylic oxidation sites excluding steroid dienone is 16. The number of rotatable bonds is 48. The molecule has 0 heterocycles. The van der Waals surface area contributed by atoms with Crippen LogP contribution in [0.5, 0.6) is 0 Å². The average Bonchev–Trinajstić information content (AvgIpc) is 3.30. The molecule has 0 saturated heterocycles. The maximum absolute atomic E-state index is 12.8. The Morgan fingerprint density at radius 3 is 1.25 bits per heavy atom. The highest BCUT2D eigenvalue weighted by atomic mass is 16.6. The molecule has 0 fully saturated rings. The molecule has 0 aromatic heterocycles. The molecular weight excluding hydrogens is 847 g/mol. The molecule has 0 aromatic rings. The molecule has 0 aromatic carbocycles. The Kier molecular flexibility index (Phi) is 46.9. The van der Waals surface area contributed by atoms with Crippen molar-refractivity contribution in [2.75, 3.05) is 41.0 Å². The van der Waals surface area contributed by atoms with Crippen molar-refractivity contribution in [1.29, 1.82) is 0 Å². The first-order chi connectivity index (χ1) is 33.1. The first kappa shape index (κ1) is 64.2. The maximum Gasteiger partial charge on any atom is 0.362 e. The van der Waals surface area contributed by atoms with Crippen LogP contribution < -0.4 is 0 Å². The van der Waals surface area contributed by atoms with Gasteiger partial charge in [-0.2, -0.15) is 0 Å². The van der Waals surface area contributed by atoms with Gasteiger partial charge in [-0.05, 0) is 96.3 Å².